The van der Waals surface area contributed by atoms with E-state index in [4.69, 9.17) is 4.74 Å². The molecular formula is C13H14F3N3O. The second kappa shape index (κ2) is 5.96. The standard InChI is InChI=1S/C13H14F3N3O/c1-8-7-19(13(18-8)17-5-6-20-2)10-4-3-9(14)11(15)12(10)16/h3-4,7H,5-6H2,1-2H3,(H,17,18). The zero-order chi connectivity index (χ0) is 14.7. The topological polar surface area (TPSA) is 39.1 Å². The maximum Gasteiger partial charge on any atom is 0.207 e. The molecule has 0 aliphatic heterocycles. The van der Waals surface area contributed by atoms with Crippen LogP contribution < -0.4 is 5.32 Å². The molecule has 0 fully saturated rings. The molecule has 0 saturated carbocycles. The molecule has 1 aromatic carbocycles. The van der Waals surface area contributed by atoms with Gasteiger partial charge in [0, 0.05) is 19.9 Å². The van der Waals surface area contributed by atoms with Gasteiger partial charge in [-0.15, -0.1) is 0 Å². The quantitative estimate of drug-likeness (QED) is 0.678. The molecule has 4 nitrogen and oxygen atoms in total. The Hall–Kier alpha value is -2.02. The minimum atomic E-state index is -1.50. The van der Waals surface area contributed by atoms with Crippen molar-refractivity contribution in [3.63, 3.8) is 0 Å². The molecule has 0 atom stereocenters. The molecule has 0 saturated heterocycles. The summed E-state index contributed by atoms with van der Waals surface area (Å²) in [4.78, 5) is 4.17. The molecule has 2 rings (SSSR count). The number of hydrogen-bond donors (Lipinski definition) is 1. The van der Waals surface area contributed by atoms with Gasteiger partial charge in [-0.2, -0.15) is 0 Å². The molecular weight excluding hydrogens is 271 g/mol. The smallest absolute Gasteiger partial charge is 0.207 e. The van der Waals surface area contributed by atoms with E-state index < -0.39 is 17.5 Å². The van der Waals surface area contributed by atoms with Gasteiger partial charge in [-0.05, 0) is 19.1 Å². The number of halogens is 3. The maximum atomic E-state index is 13.8. The minimum absolute atomic E-state index is 0.107. The Kier molecular flexibility index (Phi) is 4.29. The molecule has 20 heavy (non-hydrogen) atoms. The SMILES string of the molecule is COCCNc1nc(C)cn1-c1ccc(F)c(F)c1F. The van der Waals surface area contributed by atoms with Gasteiger partial charge in [-0.3, -0.25) is 4.57 Å². The Balaban J connectivity index is 2.40. The number of benzene rings is 1. The Bertz CT molecular complexity index is 613. The van der Waals surface area contributed by atoms with Crippen LogP contribution in [-0.4, -0.2) is 29.8 Å². The van der Waals surface area contributed by atoms with Gasteiger partial charge >= 0.3 is 0 Å². The van der Waals surface area contributed by atoms with E-state index in [1.54, 1.807) is 14.0 Å². The van der Waals surface area contributed by atoms with Crippen LogP contribution >= 0.6 is 0 Å². The molecule has 1 aromatic heterocycles. The van der Waals surface area contributed by atoms with Crippen LogP contribution in [0.15, 0.2) is 18.3 Å². The summed E-state index contributed by atoms with van der Waals surface area (Å²) in [6, 6.07) is 2.04. The summed E-state index contributed by atoms with van der Waals surface area (Å²) in [6.07, 6.45) is 1.53. The largest absolute Gasteiger partial charge is 0.383 e. The Morgan fingerprint density at radius 3 is 2.70 bits per heavy atom. The van der Waals surface area contributed by atoms with Crippen molar-refractivity contribution in [1.29, 1.82) is 0 Å². The fourth-order valence-electron chi connectivity index (χ4n) is 1.77. The number of ether oxygens (including phenoxy) is 1. The second-order valence-electron chi connectivity index (χ2n) is 4.19. The van der Waals surface area contributed by atoms with Crippen LogP contribution in [0.3, 0.4) is 0 Å². The molecule has 108 valence electrons. The van der Waals surface area contributed by atoms with E-state index in [0.717, 1.165) is 12.1 Å². The van der Waals surface area contributed by atoms with Crippen molar-refractivity contribution in [2.45, 2.75) is 6.92 Å². The lowest BCUT2D eigenvalue weighted by Crippen LogP contribution is -2.12. The molecule has 0 radical (unpaired) electrons. The highest BCUT2D eigenvalue weighted by Crippen LogP contribution is 2.22. The predicted molar refractivity (Wildman–Crippen MR) is 68.5 cm³/mol. The Morgan fingerprint density at radius 2 is 2.00 bits per heavy atom. The van der Waals surface area contributed by atoms with E-state index in [1.807, 2.05) is 0 Å². The van der Waals surface area contributed by atoms with Crippen molar-refractivity contribution in [2.24, 2.45) is 0 Å². The monoisotopic (exact) mass is 285 g/mol. The molecule has 1 N–H and O–H groups in total. The Labute approximate surface area is 114 Å². The van der Waals surface area contributed by atoms with Crippen LogP contribution in [0.2, 0.25) is 0 Å². The van der Waals surface area contributed by atoms with Gasteiger partial charge in [-0.1, -0.05) is 0 Å². The third-order valence-electron chi connectivity index (χ3n) is 2.69. The number of nitrogens with zero attached hydrogens (tertiary/aromatic N) is 2. The molecule has 1 heterocycles. The number of nitrogens with one attached hydrogen (secondary N) is 1. The first-order valence-electron chi connectivity index (χ1n) is 5.97. The van der Waals surface area contributed by atoms with Crippen LogP contribution in [0.4, 0.5) is 19.1 Å². The van der Waals surface area contributed by atoms with E-state index >= 15 is 0 Å². The summed E-state index contributed by atoms with van der Waals surface area (Å²) in [6.45, 7) is 2.61. The summed E-state index contributed by atoms with van der Waals surface area (Å²) >= 11 is 0. The predicted octanol–water partition coefficient (Wildman–Crippen LogP) is 2.66. The highest BCUT2D eigenvalue weighted by atomic mass is 19.2. The van der Waals surface area contributed by atoms with Gasteiger partial charge in [0.15, 0.2) is 17.5 Å². The van der Waals surface area contributed by atoms with Crippen LogP contribution in [0.25, 0.3) is 5.69 Å². The summed E-state index contributed by atoms with van der Waals surface area (Å²) < 4.78 is 46.3. The van der Waals surface area contributed by atoms with Crippen molar-refractivity contribution in [2.75, 3.05) is 25.6 Å². The summed E-state index contributed by atoms with van der Waals surface area (Å²) in [7, 11) is 1.55. The zero-order valence-electron chi connectivity index (χ0n) is 11.1. The van der Waals surface area contributed by atoms with Crippen molar-refractivity contribution in [3.05, 3.63) is 41.5 Å². The number of rotatable bonds is 5. The first-order chi connectivity index (χ1) is 9.54. The van der Waals surface area contributed by atoms with Crippen molar-refractivity contribution >= 4 is 5.95 Å². The lowest BCUT2D eigenvalue weighted by molar-refractivity contribution is 0.210. The lowest BCUT2D eigenvalue weighted by atomic mass is 10.2. The lowest BCUT2D eigenvalue weighted by Gasteiger charge is -2.10. The highest BCUT2D eigenvalue weighted by molar-refractivity contribution is 5.44. The van der Waals surface area contributed by atoms with E-state index in [9.17, 15) is 13.2 Å². The van der Waals surface area contributed by atoms with Gasteiger partial charge in [0.05, 0.1) is 18.0 Å². The molecule has 7 heteroatoms. The third kappa shape index (κ3) is 2.77. The minimum Gasteiger partial charge on any atom is -0.383 e. The van der Waals surface area contributed by atoms with Crippen LogP contribution in [-0.2, 0) is 4.74 Å². The average molecular weight is 285 g/mol. The van der Waals surface area contributed by atoms with Gasteiger partial charge in [0.2, 0.25) is 5.95 Å². The molecule has 0 amide bonds. The second-order valence-corrected chi connectivity index (χ2v) is 4.19. The number of aryl methyl sites for hydroxylation is 1. The molecule has 0 bridgehead atoms. The first kappa shape index (κ1) is 14.4. The van der Waals surface area contributed by atoms with E-state index in [0.29, 0.717) is 24.8 Å². The van der Waals surface area contributed by atoms with Gasteiger partial charge in [-0.25, -0.2) is 18.2 Å². The van der Waals surface area contributed by atoms with Crippen LogP contribution in [0.5, 0.6) is 0 Å². The van der Waals surface area contributed by atoms with Gasteiger partial charge < -0.3 is 10.1 Å². The zero-order valence-corrected chi connectivity index (χ0v) is 11.1. The maximum absolute atomic E-state index is 13.8. The number of methoxy groups -OCH3 is 1. The summed E-state index contributed by atoms with van der Waals surface area (Å²) in [5, 5.41) is 2.94. The van der Waals surface area contributed by atoms with E-state index in [1.165, 1.54) is 10.8 Å². The fraction of sp³-hybridized carbons (Fsp3) is 0.308. The number of anilines is 1. The molecule has 0 unspecified atom stereocenters. The van der Waals surface area contributed by atoms with Crippen molar-refractivity contribution < 1.29 is 17.9 Å². The molecule has 0 aliphatic carbocycles. The van der Waals surface area contributed by atoms with Crippen LogP contribution in [0, 0.1) is 24.4 Å². The highest BCUT2D eigenvalue weighted by Gasteiger charge is 2.17. The van der Waals surface area contributed by atoms with Gasteiger partial charge in [0.1, 0.15) is 0 Å². The van der Waals surface area contributed by atoms with Gasteiger partial charge in [0.25, 0.3) is 0 Å². The van der Waals surface area contributed by atoms with Crippen molar-refractivity contribution in [3.8, 4) is 5.69 Å². The fourth-order valence-corrected chi connectivity index (χ4v) is 1.77. The van der Waals surface area contributed by atoms with Crippen LogP contribution in [0.1, 0.15) is 5.69 Å². The first-order valence-corrected chi connectivity index (χ1v) is 5.97. The molecule has 0 spiro atoms. The number of aromatic nitrogens is 2. The number of hydrogen-bond acceptors (Lipinski definition) is 3. The van der Waals surface area contributed by atoms with Crippen molar-refractivity contribution in [1.82, 2.24) is 9.55 Å². The average Bonchev–Trinajstić information content (AvgIpc) is 2.78. The normalized spacial score (nSPS) is 10.8. The van der Waals surface area contributed by atoms with E-state index in [2.05, 4.69) is 10.3 Å². The Morgan fingerprint density at radius 1 is 1.25 bits per heavy atom. The summed E-state index contributed by atoms with van der Waals surface area (Å²) in [5.74, 6) is -3.64. The summed E-state index contributed by atoms with van der Waals surface area (Å²) in [5.41, 5.74) is 0.512. The van der Waals surface area contributed by atoms with E-state index in [-0.39, 0.29) is 5.69 Å². The third-order valence-corrected chi connectivity index (χ3v) is 2.69. The molecule has 0 aliphatic rings. The number of imidazole rings is 1. The molecule has 2 aromatic rings.